The van der Waals surface area contributed by atoms with Crippen molar-refractivity contribution in [3.05, 3.63) is 91.9 Å². The van der Waals surface area contributed by atoms with Gasteiger partial charge in [0.05, 0.1) is 4.92 Å². The van der Waals surface area contributed by atoms with Gasteiger partial charge in [0.2, 0.25) is 5.43 Å². The van der Waals surface area contributed by atoms with Gasteiger partial charge in [-0.25, -0.2) is 4.68 Å². The van der Waals surface area contributed by atoms with Gasteiger partial charge in [-0.2, -0.15) is 5.10 Å². The van der Waals surface area contributed by atoms with Gasteiger partial charge in [0.25, 0.3) is 11.6 Å². The number of para-hydroxylation sites is 2. The third kappa shape index (κ3) is 3.64. The normalized spacial score (nSPS) is 10.1. The van der Waals surface area contributed by atoms with Gasteiger partial charge in [-0.3, -0.25) is 19.7 Å². The highest BCUT2D eigenvalue weighted by Gasteiger charge is 2.20. The largest absolute Gasteiger partial charge is 0.320 e. The smallest absolute Gasteiger partial charge is 0.294 e. The molecule has 1 heterocycles. The molecule has 0 saturated heterocycles. The van der Waals surface area contributed by atoms with Crippen LogP contribution in [-0.4, -0.2) is 20.6 Å². The molecule has 28 heavy (non-hydrogen) atoms. The fraction of sp³-hybridized carbons (Fsp3) is 0.0500. The van der Waals surface area contributed by atoms with E-state index in [-0.39, 0.29) is 11.4 Å². The van der Waals surface area contributed by atoms with Crippen molar-refractivity contribution in [3.8, 4) is 18.0 Å². The predicted octanol–water partition coefficient (Wildman–Crippen LogP) is 2.68. The summed E-state index contributed by atoms with van der Waals surface area (Å²) >= 11 is 0. The van der Waals surface area contributed by atoms with E-state index in [0.29, 0.717) is 16.9 Å². The number of nitrogens with zero attached hydrogens (tertiary/aromatic N) is 3. The number of rotatable bonds is 4. The van der Waals surface area contributed by atoms with Gasteiger partial charge in [0.1, 0.15) is 5.69 Å². The molecule has 0 aliphatic carbocycles. The molecule has 0 unspecified atom stereocenters. The highest BCUT2D eigenvalue weighted by Crippen LogP contribution is 2.22. The van der Waals surface area contributed by atoms with Crippen molar-refractivity contribution in [1.29, 1.82) is 0 Å². The summed E-state index contributed by atoms with van der Waals surface area (Å²) in [5.41, 5.74) is 0.271. The Balaban J connectivity index is 2.05. The van der Waals surface area contributed by atoms with E-state index in [9.17, 15) is 19.7 Å². The maximum Gasteiger partial charge on any atom is 0.294 e. The van der Waals surface area contributed by atoms with Crippen molar-refractivity contribution in [1.82, 2.24) is 9.78 Å². The second-order valence-corrected chi connectivity index (χ2v) is 5.84. The average molecular weight is 374 g/mol. The number of carbonyl (C=O) groups is 1. The number of aromatic nitrogens is 2. The zero-order chi connectivity index (χ0) is 20.3. The minimum absolute atomic E-state index is 0.147. The minimum atomic E-state index is -0.744. The SMILES string of the molecule is C#Cc1cccc(NC(=O)c2nn(-c3ccccc3[N+](=O)[O-])c(C)cc2=O)c1. The van der Waals surface area contributed by atoms with E-state index >= 15 is 0 Å². The fourth-order valence-electron chi connectivity index (χ4n) is 2.62. The van der Waals surface area contributed by atoms with Crippen LogP contribution >= 0.6 is 0 Å². The molecular formula is C20H14N4O4. The van der Waals surface area contributed by atoms with E-state index in [2.05, 4.69) is 16.3 Å². The number of benzene rings is 2. The third-order valence-electron chi connectivity index (χ3n) is 3.92. The number of hydrogen-bond donors (Lipinski definition) is 1. The molecule has 0 spiro atoms. The summed E-state index contributed by atoms with van der Waals surface area (Å²) in [6.45, 7) is 1.57. The van der Waals surface area contributed by atoms with Crippen molar-refractivity contribution >= 4 is 17.3 Å². The number of amides is 1. The van der Waals surface area contributed by atoms with Crippen LogP contribution in [0.3, 0.4) is 0 Å². The number of nitro benzene ring substituents is 1. The van der Waals surface area contributed by atoms with Gasteiger partial charge >= 0.3 is 0 Å². The molecular weight excluding hydrogens is 360 g/mol. The second-order valence-electron chi connectivity index (χ2n) is 5.84. The van der Waals surface area contributed by atoms with Crippen LogP contribution in [0.2, 0.25) is 0 Å². The Bertz CT molecular complexity index is 1190. The Morgan fingerprint density at radius 1 is 1.21 bits per heavy atom. The number of aryl methyl sites for hydroxylation is 1. The highest BCUT2D eigenvalue weighted by atomic mass is 16.6. The van der Waals surface area contributed by atoms with E-state index < -0.39 is 22.0 Å². The molecule has 8 nitrogen and oxygen atoms in total. The molecule has 0 saturated carbocycles. The van der Waals surface area contributed by atoms with E-state index in [1.54, 1.807) is 37.3 Å². The van der Waals surface area contributed by atoms with Crippen LogP contribution in [0, 0.1) is 29.4 Å². The van der Waals surface area contributed by atoms with Gasteiger partial charge in [0, 0.05) is 29.1 Å². The summed E-state index contributed by atoms with van der Waals surface area (Å²) in [5, 5.41) is 17.9. The van der Waals surface area contributed by atoms with Crippen molar-refractivity contribution in [3.63, 3.8) is 0 Å². The first-order chi connectivity index (χ1) is 13.4. The lowest BCUT2D eigenvalue weighted by Gasteiger charge is -2.11. The zero-order valence-electron chi connectivity index (χ0n) is 14.7. The molecule has 0 aliphatic heterocycles. The second kappa shape index (κ2) is 7.55. The van der Waals surface area contributed by atoms with Gasteiger partial charge in [-0.15, -0.1) is 6.42 Å². The van der Waals surface area contributed by atoms with Gasteiger partial charge in [0.15, 0.2) is 5.69 Å². The highest BCUT2D eigenvalue weighted by molar-refractivity contribution is 6.02. The molecule has 0 fully saturated rings. The Labute approximate surface area is 159 Å². The Kier molecular flexibility index (Phi) is 5.00. The molecule has 138 valence electrons. The molecule has 0 aliphatic rings. The lowest BCUT2D eigenvalue weighted by atomic mass is 10.2. The Hall–Kier alpha value is -4.25. The molecule has 0 radical (unpaired) electrons. The molecule has 0 atom stereocenters. The topological polar surface area (TPSA) is 107 Å². The van der Waals surface area contributed by atoms with E-state index in [1.807, 2.05) is 0 Å². The van der Waals surface area contributed by atoms with Gasteiger partial charge in [-0.1, -0.05) is 24.1 Å². The summed E-state index contributed by atoms with van der Waals surface area (Å²) in [6.07, 6.45) is 5.34. The first-order valence-electron chi connectivity index (χ1n) is 8.13. The summed E-state index contributed by atoms with van der Waals surface area (Å²) in [7, 11) is 0. The van der Waals surface area contributed by atoms with Crippen LogP contribution in [0.1, 0.15) is 21.7 Å². The van der Waals surface area contributed by atoms with Crippen LogP contribution in [0.25, 0.3) is 5.69 Å². The van der Waals surface area contributed by atoms with Crippen LogP contribution < -0.4 is 10.7 Å². The number of hydrogen-bond acceptors (Lipinski definition) is 5. The predicted molar refractivity (Wildman–Crippen MR) is 104 cm³/mol. The van der Waals surface area contributed by atoms with E-state index in [0.717, 1.165) is 0 Å². The lowest BCUT2D eigenvalue weighted by Crippen LogP contribution is -2.27. The van der Waals surface area contributed by atoms with Gasteiger partial charge < -0.3 is 5.32 Å². The molecule has 1 amide bonds. The van der Waals surface area contributed by atoms with E-state index in [4.69, 9.17) is 6.42 Å². The molecule has 3 rings (SSSR count). The Morgan fingerprint density at radius 2 is 1.96 bits per heavy atom. The monoisotopic (exact) mass is 374 g/mol. The fourth-order valence-corrected chi connectivity index (χ4v) is 2.62. The molecule has 8 heteroatoms. The summed E-state index contributed by atoms with van der Waals surface area (Å²) in [4.78, 5) is 35.6. The molecule has 2 aromatic carbocycles. The maximum atomic E-state index is 12.6. The third-order valence-corrected chi connectivity index (χ3v) is 3.92. The number of carbonyl (C=O) groups excluding carboxylic acids is 1. The van der Waals surface area contributed by atoms with Crippen molar-refractivity contribution in [2.45, 2.75) is 6.92 Å². The van der Waals surface area contributed by atoms with Crippen LogP contribution in [0.5, 0.6) is 0 Å². The van der Waals surface area contributed by atoms with Crippen molar-refractivity contribution < 1.29 is 9.72 Å². The number of terminal acetylenes is 1. The standard InChI is InChI=1S/C20H14N4O4/c1-3-14-7-6-8-15(12-14)21-20(26)19-18(25)11-13(2)23(22-19)16-9-4-5-10-17(16)24(27)28/h1,4-12H,2H3,(H,21,26). The maximum absolute atomic E-state index is 12.6. The summed E-state index contributed by atoms with van der Waals surface area (Å²) in [6, 6.07) is 13.7. The van der Waals surface area contributed by atoms with Crippen molar-refractivity contribution in [2.24, 2.45) is 0 Å². The first-order valence-corrected chi connectivity index (χ1v) is 8.13. The van der Waals surface area contributed by atoms with Crippen LogP contribution in [0.15, 0.2) is 59.4 Å². The zero-order valence-corrected chi connectivity index (χ0v) is 14.7. The van der Waals surface area contributed by atoms with E-state index in [1.165, 1.54) is 28.9 Å². The minimum Gasteiger partial charge on any atom is -0.320 e. The number of nitrogens with one attached hydrogen (secondary N) is 1. The Morgan fingerprint density at radius 3 is 2.68 bits per heavy atom. The molecule has 3 aromatic rings. The number of nitro groups is 1. The summed E-state index contributed by atoms with van der Waals surface area (Å²) < 4.78 is 1.20. The first kappa shape index (κ1) is 18.5. The van der Waals surface area contributed by atoms with Gasteiger partial charge in [-0.05, 0) is 31.2 Å². The molecule has 1 N–H and O–H groups in total. The quantitative estimate of drug-likeness (QED) is 0.429. The average Bonchev–Trinajstić information content (AvgIpc) is 2.68. The lowest BCUT2D eigenvalue weighted by molar-refractivity contribution is -0.384. The summed E-state index contributed by atoms with van der Waals surface area (Å²) in [5.74, 6) is 1.71. The van der Waals surface area contributed by atoms with Crippen LogP contribution in [0.4, 0.5) is 11.4 Å². The van der Waals surface area contributed by atoms with Crippen LogP contribution in [-0.2, 0) is 0 Å². The van der Waals surface area contributed by atoms with Crippen molar-refractivity contribution in [2.75, 3.05) is 5.32 Å². The number of anilines is 1. The molecule has 1 aromatic heterocycles. The molecule has 0 bridgehead atoms.